The number of nitrogens with zero attached hydrogens (tertiary/aromatic N) is 3. The monoisotopic (exact) mass is 191 g/mol. The Hall–Kier alpha value is -1.91. The molecule has 0 amide bonds. The normalized spacial score (nSPS) is 10.6. The molecule has 0 atom stereocenters. The zero-order valence-electron chi connectivity index (χ0n) is 7.67. The van der Waals surface area contributed by atoms with Crippen molar-refractivity contribution in [2.45, 2.75) is 13.5 Å². The summed E-state index contributed by atoms with van der Waals surface area (Å²) < 4.78 is 1.69. The minimum Gasteiger partial charge on any atom is -0.272 e. The molecule has 1 heterocycles. The number of non-ortho nitro benzene ring substituents is 1. The fourth-order valence-electron chi connectivity index (χ4n) is 1.40. The Morgan fingerprint density at radius 2 is 2.36 bits per heavy atom. The molecular formula is C9H9N3O2. The number of fused-ring (bicyclic) bond motifs is 1. The highest BCUT2D eigenvalue weighted by atomic mass is 16.6. The van der Waals surface area contributed by atoms with Crippen LogP contribution in [0, 0.1) is 10.1 Å². The van der Waals surface area contributed by atoms with E-state index in [4.69, 9.17) is 0 Å². The first kappa shape index (κ1) is 8.68. The van der Waals surface area contributed by atoms with Crippen molar-refractivity contribution in [2.24, 2.45) is 0 Å². The third-order valence-corrected chi connectivity index (χ3v) is 2.10. The molecule has 5 nitrogen and oxygen atoms in total. The van der Waals surface area contributed by atoms with E-state index in [9.17, 15) is 10.1 Å². The maximum Gasteiger partial charge on any atom is 0.280 e. The van der Waals surface area contributed by atoms with Crippen molar-refractivity contribution in [3.63, 3.8) is 0 Å². The average molecular weight is 191 g/mol. The molecule has 0 aliphatic rings. The molecule has 5 heteroatoms. The summed E-state index contributed by atoms with van der Waals surface area (Å²) in [7, 11) is 0. The van der Waals surface area contributed by atoms with Gasteiger partial charge in [0.2, 0.25) is 0 Å². The predicted octanol–water partition coefficient (Wildman–Crippen LogP) is 1.96. The summed E-state index contributed by atoms with van der Waals surface area (Å²) in [6.45, 7) is 2.66. The number of nitro benzene ring substituents is 1. The lowest BCUT2D eigenvalue weighted by Gasteiger charge is -1.90. The van der Waals surface area contributed by atoms with Gasteiger partial charge >= 0.3 is 0 Å². The van der Waals surface area contributed by atoms with Gasteiger partial charge < -0.3 is 0 Å². The largest absolute Gasteiger partial charge is 0.280 e. The number of benzene rings is 1. The van der Waals surface area contributed by atoms with E-state index in [1.165, 1.54) is 6.07 Å². The Morgan fingerprint density at radius 1 is 1.57 bits per heavy atom. The van der Waals surface area contributed by atoms with Crippen molar-refractivity contribution in [1.82, 2.24) is 9.78 Å². The van der Waals surface area contributed by atoms with Crippen molar-refractivity contribution in [3.05, 3.63) is 34.5 Å². The van der Waals surface area contributed by atoms with Crippen LogP contribution < -0.4 is 0 Å². The first-order chi connectivity index (χ1) is 6.72. The molecule has 0 unspecified atom stereocenters. The second-order valence-corrected chi connectivity index (χ2v) is 2.95. The zero-order valence-corrected chi connectivity index (χ0v) is 7.67. The first-order valence-electron chi connectivity index (χ1n) is 4.33. The highest BCUT2D eigenvalue weighted by Gasteiger charge is 2.13. The molecule has 2 aromatic rings. The number of hydrogen-bond acceptors (Lipinski definition) is 3. The van der Waals surface area contributed by atoms with Crippen LogP contribution in [0.3, 0.4) is 0 Å². The van der Waals surface area contributed by atoms with E-state index >= 15 is 0 Å². The predicted molar refractivity (Wildman–Crippen MR) is 52.1 cm³/mol. The van der Waals surface area contributed by atoms with Crippen LogP contribution in [0.4, 0.5) is 5.69 Å². The molecule has 0 bridgehead atoms. The Labute approximate surface area is 80.1 Å². The van der Waals surface area contributed by atoms with Gasteiger partial charge in [0.1, 0.15) is 0 Å². The lowest BCUT2D eigenvalue weighted by molar-refractivity contribution is -0.383. The van der Waals surface area contributed by atoms with E-state index in [-0.39, 0.29) is 10.6 Å². The Balaban J connectivity index is 2.73. The summed E-state index contributed by atoms with van der Waals surface area (Å²) in [6.07, 6.45) is 1.70. The fraction of sp³-hybridized carbons (Fsp3) is 0.222. The average Bonchev–Trinajstić information content (AvgIpc) is 2.59. The first-order valence-corrected chi connectivity index (χ1v) is 4.33. The maximum atomic E-state index is 10.7. The molecule has 0 fully saturated rings. The molecular weight excluding hydrogens is 182 g/mol. The molecule has 0 saturated heterocycles. The summed E-state index contributed by atoms with van der Waals surface area (Å²) in [4.78, 5) is 10.3. The summed E-state index contributed by atoms with van der Waals surface area (Å²) in [5.74, 6) is 0. The van der Waals surface area contributed by atoms with Crippen LogP contribution in [0.25, 0.3) is 10.9 Å². The van der Waals surface area contributed by atoms with Gasteiger partial charge in [0.25, 0.3) is 5.69 Å². The second kappa shape index (κ2) is 3.10. The summed E-state index contributed by atoms with van der Waals surface area (Å²) >= 11 is 0. The van der Waals surface area contributed by atoms with Crippen LogP contribution in [-0.2, 0) is 6.54 Å². The summed E-state index contributed by atoms with van der Waals surface area (Å²) in [6, 6.07) is 4.91. The quantitative estimate of drug-likeness (QED) is 0.538. The van der Waals surface area contributed by atoms with Gasteiger partial charge in [0.05, 0.1) is 15.8 Å². The van der Waals surface area contributed by atoms with Gasteiger partial charge in [-0.2, -0.15) is 5.10 Å². The minimum atomic E-state index is -0.385. The molecule has 2 rings (SSSR count). The molecule has 0 radical (unpaired) electrons. The van der Waals surface area contributed by atoms with E-state index in [2.05, 4.69) is 5.10 Å². The van der Waals surface area contributed by atoms with Crippen molar-refractivity contribution in [3.8, 4) is 0 Å². The van der Waals surface area contributed by atoms with Gasteiger partial charge in [-0.3, -0.25) is 14.8 Å². The van der Waals surface area contributed by atoms with Crippen LogP contribution in [0.15, 0.2) is 24.4 Å². The zero-order chi connectivity index (χ0) is 10.1. The van der Waals surface area contributed by atoms with Gasteiger partial charge in [-0.25, -0.2) is 0 Å². The SMILES string of the molecule is CCn1cc2c([N+](=O)[O-])cccc2n1. The van der Waals surface area contributed by atoms with Gasteiger partial charge in [-0.1, -0.05) is 6.07 Å². The minimum absolute atomic E-state index is 0.113. The van der Waals surface area contributed by atoms with E-state index in [0.717, 1.165) is 0 Å². The van der Waals surface area contributed by atoms with Crippen molar-refractivity contribution >= 4 is 16.6 Å². The van der Waals surface area contributed by atoms with Crippen molar-refractivity contribution in [2.75, 3.05) is 0 Å². The molecule has 14 heavy (non-hydrogen) atoms. The lowest BCUT2D eigenvalue weighted by Crippen LogP contribution is -1.92. The van der Waals surface area contributed by atoms with Crippen LogP contribution in [-0.4, -0.2) is 14.7 Å². The third-order valence-electron chi connectivity index (χ3n) is 2.10. The lowest BCUT2D eigenvalue weighted by atomic mass is 10.2. The molecule has 1 aromatic heterocycles. The molecule has 1 aromatic carbocycles. The van der Waals surface area contributed by atoms with Gasteiger partial charge in [0.15, 0.2) is 0 Å². The van der Waals surface area contributed by atoms with E-state index < -0.39 is 0 Å². The Kier molecular flexibility index (Phi) is 1.92. The fourth-order valence-corrected chi connectivity index (χ4v) is 1.40. The van der Waals surface area contributed by atoms with Gasteiger partial charge in [-0.05, 0) is 13.0 Å². The highest BCUT2D eigenvalue weighted by Crippen LogP contribution is 2.23. The third kappa shape index (κ3) is 1.22. The molecule has 0 N–H and O–H groups in total. The number of nitro groups is 1. The Bertz CT molecular complexity index is 490. The Morgan fingerprint density at radius 3 is 3.00 bits per heavy atom. The van der Waals surface area contributed by atoms with Crippen LogP contribution in [0.5, 0.6) is 0 Å². The molecule has 0 spiro atoms. The van der Waals surface area contributed by atoms with Gasteiger partial charge in [-0.15, -0.1) is 0 Å². The molecule has 72 valence electrons. The maximum absolute atomic E-state index is 10.7. The number of aromatic nitrogens is 2. The van der Waals surface area contributed by atoms with Crippen LogP contribution in [0.1, 0.15) is 6.92 Å². The summed E-state index contributed by atoms with van der Waals surface area (Å²) in [5, 5.41) is 15.5. The standard InChI is InChI=1S/C9H9N3O2/c1-2-11-6-7-8(10-11)4-3-5-9(7)12(13)14/h3-6H,2H2,1H3. The number of aryl methyl sites for hydroxylation is 1. The van der Waals surface area contributed by atoms with Crippen molar-refractivity contribution < 1.29 is 4.92 Å². The highest BCUT2D eigenvalue weighted by molar-refractivity contribution is 5.87. The summed E-state index contributed by atoms with van der Waals surface area (Å²) in [5.41, 5.74) is 0.781. The van der Waals surface area contributed by atoms with Crippen molar-refractivity contribution in [1.29, 1.82) is 0 Å². The van der Waals surface area contributed by atoms with E-state index in [0.29, 0.717) is 17.4 Å². The van der Waals surface area contributed by atoms with E-state index in [1.54, 1.807) is 23.0 Å². The molecule has 0 saturated carbocycles. The number of hydrogen-bond donors (Lipinski definition) is 0. The van der Waals surface area contributed by atoms with Gasteiger partial charge in [0, 0.05) is 18.8 Å². The van der Waals surface area contributed by atoms with Crippen LogP contribution in [0.2, 0.25) is 0 Å². The number of rotatable bonds is 2. The smallest absolute Gasteiger partial charge is 0.272 e. The van der Waals surface area contributed by atoms with E-state index in [1.807, 2.05) is 6.92 Å². The second-order valence-electron chi connectivity index (χ2n) is 2.95. The van der Waals surface area contributed by atoms with Crippen LogP contribution >= 0.6 is 0 Å². The topological polar surface area (TPSA) is 61.0 Å². The molecule has 0 aliphatic heterocycles. The molecule has 0 aliphatic carbocycles.